The summed E-state index contributed by atoms with van der Waals surface area (Å²) in [6.45, 7) is 10.7. The van der Waals surface area contributed by atoms with Crippen LogP contribution in [0.2, 0.25) is 0 Å². The van der Waals surface area contributed by atoms with Crippen molar-refractivity contribution in [3.8, 4) is 0 Å². The van der Waals surface area contributed by atoms with E-state index in [0.717, 1.165) is 12.0 Å². The van der Waals surface area contributed by atoms with Gasteiger partial charge >= 0.3 is 0 Å². The maximum atomic E-state index is 12.4. The van der Waals surface area contributed by atoms with Crippen molar-refractivity contribution in [1.82, 2.24) is 4.72 Å². The second-order valence-electron chi connectivity index (χ2n) is 7.03. The fourth-order valence-corrected chi connectivity index (χ4v) is 3.33. The summed E-state index contributed by atoms with van der Waals surface area (Å²) in [5, 5.41) is 10.1. The van der Waals surface area contributed by atoms with Crippen molar-refractivity contribution >= 4 is 10.0 Å². The van der Waals surface area contributed by atoms with E-state index < -0.39 is 21.2 Å². The Morgan fingerprint density at radius 1 is 1.10 bits per heavy atom. The number of benzene rings is 1. The third-order valence-electron chi connectivity index (χ3n) is 3.80. The van der Waals surface area contributed by atoms with Crippen molar-refractivity contribution in [1.29, 1.82) is 0 Å². The van der Waals surface area contributed by atoms with E-state index in [0.29, 0.717) is 5.92 Å². The molecule has 0 unspecified atom stereocenters. The first-order valence-corrected chi connectivity index (χ1v) is 8.69. The van der Waals surface area contributed by atoms with Crippen LogP contribution in [0.1, 0.15) is 47.1 Å². The zero-order valence-corrected chi connectivity index (χ0v) is 14.6. The highest BCUT2D eigenvalue weighted by Gasteiger charge is 2.38. The predicted octanol–water partition coefficient (Wildman–Crippen LogP) is 2.71. The highest BCUT2D eigenvalue weighted by molar-refractivity contribution is 7.89. The van der Waals surface area contributed by atoms with Crippen LogP contribution in [0, 0.1) is 5.92 Å². The summed E-state index contributed by atoms with van der Waals surface area (Å²) in [4.78, 5) is 0.215. The number of nitrogens with one attached hydrogen (secondary N) is 1. The Morgan fingerprint density at radius 2 is 1.57 bits per heavy atom. The lowest BCUT2D eigenvalue weighted by Gasteiger charge is -2.37. The van der Waals surface area contributed by atoms with Gasteiger partial charge in [-0.05, 0) is 57.7 Å². The Morgan fingerprint density at radius 3 is 1.95 bits per heavy atom. The smallest absolute Gasteiger partial charge is 0.241 e. The molecular formula is C16H27NO3S. The summed E-state index contributed by atoms with van der Waals surface area (Å²) in [5.74, 6) is 0.528. The molecule has 0 aliphatic rings. The first-order chi connectivity index (χ1) is 9.35. The fourth-order valence-electron chi connectivity index (χ4n) is 1.80. The van der Waals surface area contributed by atoms with Crippen LogP contribution in [-0.4, -0.2) is 24.7 Å². The number of sulfonamides is 1. The lowest BCUT2D eigenvalue weighted by Crippen LogP contribution is -2.57. The minimum atomic E-state index is -3.66. The van der Waals surface area contributed by atoms with Gasteiger partial charge in [-0.25, -0.2) is 13.1 Å². The molecule has 4 nitrogen and oxygen atoms in total. The maximum Gasteiger partial charge on any atom is 0.241 e. The van der Waals surface area contributed by atoms with Gasteiger partial charge in [-0.15, -0.1) is 0 Å². The third-order valence-corrected chi connectivity index (χ3v) is 5.47. The largest absolute Gasteiger partial charge is 0.389 e. The van der Waals surface area contributed by atoms with Crippen molar-refractivity contribution in [3.05, 3.63) is 29.8 Å². The molecule has 5 heteroatoms. The van der Waals surface area contributed by atoms with Gasteiger partial charge in [-0.3, -0.25) is 0 Å². The summed E-state index contributed by atoms with van der Waals surface area (Å²) in [6, 6.07) is 6.90. The van der Waals surface area contributed by atoms with Gasteiger partial charge in [-0.2, -0.15) is 0 Å². The second-order valence-corrected chi connectivity index (χ2v) is 8.71. The van der Waals surface area contributed by atoms with Crippen molar-refractivity contribution in [2.75, 3.05) is 0 Å². The highest BCUT2D eigenvalue weighted by atomic mass is 32.2. The number of rotatable bonds is 6. The molecule has 0 aliphatic heterocycles. The Hall–Kier alpha value is -0.910. The number of aliphatic hydroxyl groups is 1. The van der Waals surface area contributed by atoms with E-state index >= 15 is 0 Å². The van der Waals surface area contributed by atoms with Crippen molar-refractivity contribution in [3.63, 3.8) is 0 Å². The predicted molar refractivity (Wildman–Crippen MR) is 85.7 cm³/mol. The van der Waals surface area contributed by atoms with Crippen molar-refractivity contribution in [2.24, 2.45) is 5.92 Å². The van der Waals surface area contributed by atoms with Gasteiger partial charge in [0.25, 0.3) is 0 Å². The molecule has 1 rings (SSSR count). The van der Waals surface area contributed by atoms with Gasteiger partial charge in [0, 0.05) is 0 Å². The molecule has 0 bridgehead atoms. The van der Waals surface area contributed by atoms with E-state index in [1.165, 1.54) is 0 Å². The summed E-state index contributed by atoms with van der Waals surface area (Å²) < 4.78 is 27.4. The molecule has 0 heterocycles. The number of hydrogen-bond acceptors (Lipinski definition) is 3. The SMILES string of the molecule is CC(C)Cc1ccc(S(=O)(=O)NC(C)(C)C(C)(C)O)cc1. The molecule has 0 saturated carbocycles. The lowest BCUT2D eigenvalue weighted by molar-refractivity contribution is 0.00639. The minimum Gasteiger partial charge on any atom is -0.389 e. The molecule has 21 heavy (non-hydrogen) atoms. The molecule has 0 fully saturated rings. The van der Waals surface area contributed by atoms with Crippen LogP contribution in [0.3, 0.4) is 0 Å². The van der Waals surface area contributed by atoms with Crippen LogP contribution in [0.15, 0.2) is 29.2 Å². The van der Waals surface area contributed by atoms with Gasteiger partial charge in [-0.1, -0.05) is 26.0 Å². The topological polar surface area (TPSA) is 66.4 Å². The van der Waals surface area contributed by atoms with Crippen LogP contribution < -0.4 is 4.72 Å². The Labute approximate surface area is 128 Å². The standard InChI is InChI=1S/C16H27NO3S/c1-12(2)11-13-7-9-14(10-8-13)21(19,20)17-15(3,4)16(5,6)18/h7-10,12,17-18H,11H2,1-6H3. The minimum absolute atomic E-state index is 0.215. The molecule has 1 aromatic carbocycles. The summed E-state index contributed by atoms with van der Waals surface area (Å²) in [6.07, 6.45) is 0.920. The maximum absolute atomic E-state index is 12.4. The van der Waals surface area contributed by atoms with Crippen LogP contribution in [0.25, 0.3) is 0 Å². The summed E-state index contributed by atoms with van der Waals surface area (Å²) >= 11 is 0. The molecule has 0 spiro atoms. The molecule has 1 aromatic rings. The third kappa shape index (κ3) is 4.80. The first-order valence-electron chi connectivity index (χ1n) is 7.20. The Bertz CT molecular complexity index is 567. The van der Waals surface area contributed by atoms with Crippen LogP contribution in [-0.2, 0) is 16.4 Å². The normalized spacial score (nSPS) is 13.7. The highest BCUT2D eigenvalue weighted by Crippen LogP contribution is 2.24. The fraction of sp³-hybridized carbons (Fsp3) is 0.625. The van der Waals surface area contributed by atoms with E-state index in [9.17, 15) is 13.5 Å². The van der Waals surface area contributed by atoms with Gasteiger partial charge in [0.15, 0.2) is 0 Å². The van der Waals surface area contributed by atoms with Gasteiger partial charge in [0.05, 0.1) is 16.0 Å². The molecule has 0 aliphatic carbocycles. The molecule has 0 aromatic heterocycles. The zero-order valence-electron chi connectivity index (χ0n) is 13.8. The molecule has 0 atom stereocenters. The molecule has 2 N–H and O–H groups in total. The quantitative estimate of drug-likeness (QED) is 0.848. The summed E-state index contributed by atoms with van der Waals surface area (Å²) in [5.41, 5.74) is -1.02. The van der Waals surface area contributed by atoms with Crippen molar-refractivity contribution in [2.45, 2.75) is 64.0 Å². The van der Waals surface area contributed by atoms with E-state index in [1.807, 2.05) is 12.1 Å². The van der Waals surface area contributed by atoms with Crippen LogP contribution in [0.5, 0.6) is 0 Å². The van der Waals surface area contributed by atoms with Crippen LogP contribution >= 0.6 is 0 Å². The van der Waals surface area contributed by atoms with Gasteiger partial charge in [0.1, 0.15) is 0 Å². The van der Waals surface area contributed by atoms with E-state index in [4.69, 9.17) is 0 Å². The Balaban J connectivity index is 2.99. The zero-order chi connectivity index (χ0) is 16.5. The molecule has 0 radical (unpaired) electrons. The van der Waals surface area contributed by atoms with Gasteiger partial charge in [0.2, 0.25) is 10.0 Å². The Kier molecular flexibility index (Phi) is 5.24. The van der Waals surface area contributed by atoms with E-state index in [1.54, 1.807) is 39.8 Å². The molecule has 0 saturated heterocycles. The lowest BCUT2D eigenvalue weighted by atomic mass is 9.87. The first kappa shape index (κ1) is 18.1. The molecule has 0 amide bonds. The molecular weight excluding hydrogens is 286 g/mol. The number of hydrogen-bond donors (Lipinski definition) is 2. The average Bonchev–Trinajstić information content (AvgIpc) is 2.25. The summed E-state index contributed by atoms with van der Waals surface area (Å²) in [7, 11) is -3.66. The average molecular weight is 313 g/mol. The monoisotopic (exact) mass is 313 g/mol. The second kappa shape index (κ2) is 6.07. The van der Waals surface area contributed by atoms with E-state index in [2.05, 4.69) is 18.6 Å². The van der Waals surface area contributed by atoms with Crippen LogP contribution in [0.4, 0.5) is 0 Å². The van der Waals surface area contributed by atoms with Crippen molar-refractivity contribution < 1.29 is 13.5 Å². The van der Waals surface area contributed by atoms with E-state index in [-0.39, 0.29) is 4.90 Å². The molecule has 120 valence electrons. The van der Waals surface area contributed by atoms with Gasteiger partial charge < -0.3 is 5.11 Å².